The fraction of sp³-hybridized carbons (Fsp3) is 0.381. The second-order valence-corrected chi connectivity index (χ2v) is 9.69. The quantitative estimate of drug-likeness (QED) is 0.579. The van der Waals surface area contributed by atoms with Crippen molar-refractivity contribution in [3.05, 3.63) is 52.8 Å². The number of aliphatic hydroxyl groups is 1. The largest absolute Gasteiger partial charge is 0.434 e. The third-order valence-electron chi connectivity index (χ3n) is 5.69. The van der Waals surface area contributed by atoms with Gasteiger partial charge < -0.3 is 14.4 Å². The summed E-state index contributed by atoms with van der Waals surface area (Å²) in [5.41, 5.74) is 1.38. The monoisotopic (exact) mass is 436 g/mol. The van der Waals surface area contributed by atoms with E-state index in [0.29, 0.717) is 17.0 Å². The van der Waals surface area contributed by atoms with Gasteiger partial charge >= 0.3 is 6.61 Å². The van der Waals surface area contributed by atoms with Gasteiger partial charge in [-0.25, -0.2) is 4.98 Å². The zero-order chi connectivity index (χ0) is 20.5. The first kappa shape index (κ1) is 19.2. The van der Waals surface area contributed by atoms with Gasteiger partial charge in [0.15, 0.2) is 0 Å². The van der Waals surface area contributed by atoms with Crippen molar-refractivity contribution in [2.75, 3.05) is 0 Å². The van der Waals surface area contributed by atoms with E-state index in [9.17, 15) is 13.9 Å². The van der Waals surface area contributed by atoms with Gasteiger partial charge in [-0.05, 0) is 50.6 Å². The van der Waals surface area contributed by atoms with E-state index in [0.717, 1.165) is 21.8 Å². The summed E-state index contributed by atoms with van der Waals surface area (Å²) in [5.74, 6) is 0.981. The highest BCUT2D eigenvalue weighted by atomic mass is 35.5. The fourth-order valence-electron chi connectivity index (χ4n) is 4.64. The molecule has 0 spiro atoms. The predicted octanol–water partition coefficient (Wildman–Crippen LogP) is 5.61. The van der Waals surface area contributed by atoms with Gasteiger partial charge in [0.2, 0.25) is 0 Å². The van der Waals surface area contributed by atoms with Crippen LogP contribution in [0.1, 0.15) is 43.6 Å². The molecule has 2 aliphatic heterocycles. The number of thioether (sulfide) groups is 1. The number of nitrogens with zero attached hydrogens (tertiary/aromatic N) is 2. The van der Waals surface area contributed by atoms with Gasteiger partial charge in [0, 0.05) is 26.6 Å². The van der Waals surface area contributed by atoms with Crippen molar-refractivity contribution >= 4 is 34.4 Å². The zero-order valence-corrected chi connectivity index (χ0v) is 17.3. The summed E-state index contributed by atoms with van der Waals surface area (Å²) >= 11 is 7.76. The molecular formula is C21H19ClF2N2O2S. The topological polar surface area (TPSA) is 47.3 Å². The molecule has 0 saturated carbocycles. The summed E-state index contributed by atoms with van der Waals surface area (Å²) in [6.07, 6.45) is 0.656. The summed E-state index contributed by atoms with van der Waals surface area (Å²) in [4.78, 5) is 5.68. The maximum Gasteiger partial charge on any atom is 0.387 e. The Morgan fingerprint density at radius 1 is 1.31 bits per heavy atom. The molecule has 3 aromatic rings. The number of imidazole rings is 1. The van der Waals surface area contributed by atoms with Crippen molar-refractivity contribution in [2.45, 2.75) is 54.6 Å². The standard InChI is InChI=1S/C21H19ClF2N2O2S/c1-21(2,27)18-11-9-14(17-15(28-20(23)24)4-3-5-16(17)29-18)26-13-8-10(22)6-7-12(13)25-19(11)26/h3-8,11,14,18,20,27H,9H2,1-2H3/t11-,14-,18-/m0/s1. The lowest BCUT2D eigenvalue weighted by atomic mass is 9.88. The Kier molecular flexibility index (Phi) is 4.35. The minimum atomic E-state index is -2.91. The molecule has 2 aromatic carbocycles. The smallest absolute Gasteiger partial charge is 0.387 e. The maximum atomic E-state index is 13.1. The summed E-state index contributed by atoms with van der Waals surface area (Å²) in [7, 11) is 0. The highest BCUT2D eigenvalue weighted by molar-refractivity contribution is 8.00. The molecule has 0 aliphatic carbocycles. The number of benzene rings is 2. The molecule has 0 fully saturated rings. The lowest BCUT2D eigenvalue weighted by Gasteiger charge is -2.32. The highest BCUT2D eigenvalue weighted by Gasteiger charge is 2.48. The fourth-order valence-corrected chi connectivity index (χ4v) is 6.29. The van der Waals surface area contributed by atoms with E-state index in [1.807, 2.05) is 18.2 Å². The van der Waals surface area contributed by atoms with E-state index in [-0.39, 0.29) is 23.0 Å². The van der Waals surface area contributed by atoms with Gasteiger partial charge in [0.1, 0.15) is 11.6 Å². The lowest BCUT2D eigenvalue weighted by Crippen LogP contribution is -2.37. The SMILES string of the molecule is CC(C)(O)[C@H]1Sc2cccc(OC(F)F)c2[C@@H]2C[C@@H]1c1nc3ccc(Cl)cc3n12. The third kappa shape index (κ3) is 3.02. The Balaban J connectivity index is 1.80. The molecule has 152 valence electrons. The maximum absolute atomic E-state index is 13.1. The molecule has 29 heavy (non-hydrogen) atoms. The molecule has 8 heteroatoms. The second kappa shape index (κ2) is 6.59. The Hall–Kier alpha value is -1.83. The Morgan fingerprint density at radius 2 is 2.10 bits per heavy atom. The molecule has 1 aromatic heterocycles. The number of fused-ring (bicyclic) bond motifs is 9. The van der Waals surface area contributed by atoms with Gasteiger partial charge in [-0.2, -0.15) is 8.78 Å². The third-order valence-corrected chi connectivity index (χ3v) is 7.69. The van der Waals surface area contributed by atoms with Crippen LogP contribution in [0.25, 0.3) is 11.0 Å². The van der Waals surface area contributed by atoms with Crippen LogP contribution in [0.2, 0.25) is 5.02 Å². The van der Waals surface area contributed by atoms with Gasteiger partial charge in [0.05, 0.1) is 22.7 Å². The molecule has 3 atom stereocenters. The minimum Gasteiger partial charge on any atom is -0.434 e. The molecule has 2 bridgehead atoms. The van der Waals surface area contributed by atoms with Crippen molar-refractivity contribution in [2.24, 2.45) is 0 Å². The number of ether oxygens (including phenoxy) is 1. The van der Waals surface area contributed by atoms with Crippen molar-refractivity contribution in [1.29, 1.82) is 0 Å². The lowest BCUT2D eigenvalue weighted by molar-refractivity contribution is -0.0508. The van der Waals surface area contributed by atoms with Crippen molar-refractivity contribution in [3.8, 4) is 5.75 Å². The first-order valence-corrected chi connectivity index (χ1v) is 10.6. The van der Waals surface area contributed by atoms with Crippen LogP contribution in [0.4, 0.5) is 8.78 Å². The summed E-state index contributed by atoms with van der Waals surface area (Å²) in [5, 5.41) is 11.3. The normalized spacial score (nSPS) is 23.2. The van der Waals surface area contributed by atoms with E-state index >= 15 is 0 Å². The van der Waals surface area contributed by atoms with Crippen LogP contribution < -0.4 is 4.74 Å². The number of hydrogen-bond acceptors (Lipinski definition) is 4. The first-order valence-electron chi connectivity index (χ1n) is 9.38. The average Bonchev–Trinajstić information content (AvgIpc) is 3.09. The van der Waals surface area contributed by atoms with E-state index < -0.39 is 12.2 Å². The van der Waals surface area contributed by atoms with Gasteiger partial charge in [-0.1, -0.05) is 17.7 Å². The van der Waals surface area contributed by atoms with E-state index in [4.69, 9.17) is 21.3 Å². The Bertz CT molecular complexity index is 1110. The molecular weight excluding hydrogens is 418 g/mol. The summed E-state index contributed by atoms with van der Waals surface area (Å²) < 4.78 is 33.3. The molecule has 5 rings (SSSR count). The Morgan fingerprint density at radius 3 is 2.83 bits per heavy atom. The molecule has 2 aliphatic rings. The average molecular weight is 437 g/mol. The van der Waals surface area contributed by atoms with Crippen LogP contribution in [0, 0.1) is 0 Å². The van der Waals surface area contributed by atoms with E-state index in [1.165, 1.54) is 11.8 Å². The van der Waals surface area contributed by atoms with Crippen molar-refractivity contribution in [3.63, 3.8) is 0 Å². The van der Waals surface area contributed by atoms with Crippen molar-refractivity contribution < 1.29 is 18.6 Å². The molecule has 0 saturated heterocycles. The van der Waals surface area contributed by atoms with Crippen LogP contribution in [-0.2, 0) is 0 Å². The van der Waals surface area contributed by atoms with Crippen LogP contribution in [0.3, 0.4) is 0 Å². The number of aromatic nitrogens is 2. The number of hydrogen-bond donors (Lipinski definition) is 1. The summed E-state index contributed by atoms with van der Waals surface area (Å²) in [6, 6.07) is 10.5. The Labute approximate surface area is 175 Å². The minimum absolute atomic E-state index is 0.0389. The predicted molar refractivity (Wildman–Crippen MR) is 109 cm³/mol. The molecule has 0 amide bonds. The number of rotatable bonds is 3. The zero-order valence-electron chi connectivity index (χ0n) is 15.8. The van der Waals surface area contributed by atoms with Gasteiger partial charge in [0.25, 0.3) is 0 Å². The van der Waals surface area contributed by atoms with E-state index in [2.05, 4.69) is 4.57 Å². The van der Waals surface area contributed by atoms with Gasteiger partial charge in [-0.3, -0.25) is 0 Å². The summed E-state index contributed by atoms with van der Waals surface area (Å²) in [6.45, 7) is 0.657. The molecule has 4 nitrogen and oxygen atoms in total. The molecule has 1 N–H and O–H groups in total. The van der Waals surface area contributed by atoms with Crippen LogP contribution in [0.5, 0.6) is 5.75 Å². The molecule has 0 radical (unpaired) electrons. The second-order valence-electron chi connectivity index (χ2n) is 8.07. The number of halogens is 3. The van der Waals surface area contributed by atoms with E-state index in [1.54, 1.807) is 32.0 Å². The first-order chi connectivity index (χ1) is 13.7. The highest BCUT2D eigenvalue weighted by Crippen LogP contribution is 2.57. The van der Waals surface area contributed by atoms with Crippen molar-refractivity contribution in [1.82, 2.24) is 9.55 Å². The van der Waals surface area contributed by atoms with Gasteiger partial charge in [-0.15, -0.1) is 11.8 Å². The molecule has 3 heterocycles. The van der Waals surface area contributed by atoms with Crippen LogP contribution in [-0.4, -0.2) is 32.1 Å². The molecule has 0 unspecified atom stereocenters. The number of alkyl halides is 2. The van der Waals surface area contributed by atoms with Crippen LogP contribution in [0.15, 0.2) is 41.3 Å². The van der Waals surface area contributed by atoms with Crippen LogP contribution >= 0.6 is 23.4 Å².